The Hall–Kier alpha value is -5.13. The number of oxime groups is 1. The maximum Gasteiger partial charge on any atom is 0.352 e. The second-order valence-corrected chi connectivity index (χ2v) is 14.1. The van der Waals surface area contributed by atoms with Gasteiger partial charge in [0.25, 0.3) is 11.8 Å². The number of halogens is 1. The van der Waals surface area contributed by atoms with E-state index in [1.165, 1.54) is 19.2 Å². The van der Waals surface area contributed by atoms with Crippen LogP contribution in [0.3, 0.4) is 0 Å². The molecule has 0 radical (unpaired) electrons. The van der Waals surface area contributed by atoms with Crippen LogP contribution in [0, 0.1) is 0 Å². The number of anilines is 1. The molecular formula is C26H24ClN9O11S3. The van der Waals surface area contributed by atoms with Crippen LogP contribution in [-0.2, 0) is 35.2 Å². The van der Waals surface area contributed by atoms with Gasteiger partial charge >= 0.3 is 17.9 Å². The molecule has 0 aliphatic carbocycles. The summed E-state index contributed by atoms with van der Waals surface area (Å²) in [5, 5.41) is 66.8. The molecule has 0 bridgehead atoms. The summed E-state index contributed by atoms with van der Waals surface area (Å²) in [6, 6.07) is -0.175. The van der Waals surface area contributed by atoms with Crippen molar-refractivity contribution in [2.75, 3.05) is 17.2 Å². The third-order valence-electron chi connectivity index (χ3n) is 7.07. The number of hydrogen-bond acceptors (Lipinski definition) is 17. The number of carboxylic acids is 3. The van der Waals surface area contributed by atoms with Gasteiger partial charge in [0.1, 0.15) is 22.8 Å². The summed E-state index contributed by atoms with van der Waals surface area (Å²) in [6.07, 6.45) is -0.661. The van der Waals surface area contributed by atoms with Gasteiger partial charge in [-0.05, 0) is 29.8 Å². The van der Waals surface area contributed by atoms with E-state index in [9.17, 15) is 49.5 Å². The predicted molar refractivity (Wildman–Crippen MR) is 175 cm³/mol. The number of nitrogens with two attached hydrogens (primary N) is 1. The number of carbonyl (C=O) groups is 5. The molecular weight excluding hydrogens is 746 g/mol. The molecule has 1 fully saturated rings. The number of carbonyl (C=O) groups excluding carboxylic acids is 2. The average Bonchev–Trinajstić information content (AvgIpc) is 3.70. The van der Waals surface area contributed by atoms with E-state index < -0.39 is 75.4 Å². The van der Waals surface area contributed by atoms with Crippen molar-refractivity contribution < 1.29 is 54.3 Å². The van der Waals surface area contributed by atoms with Crippen molar-refractivity contribution in [2.24, 2.45) is 5.16 Å². The van der Waals surface area contributed by atoms with Gasteiger partial charge in [0.2, 0.25) is 10.8 Å². The topological polar surface area (TPSA) is 306 Å². The zero-order chi connectivity index (χ0) is 36.7. The number of phenols is 2. The Labute approximate surface area is 296 Å². The lowest BCUT2D eigenvalue weighted by atomic mass is 10.0. The van der Waals surface area contributed by atoms with E-state index in [1.54, 1.807) is 0 Å². The number of phenolic OH excluding ortho intramolecular Hbond substituents is 2. The normalized spacial score (nSPS) is 17.6. The number of hydrogen-bond donors (Lipinski definition) is 7. The number of aromatic hydroxyl groups is 2. The van der Waals surface area contributed by atoms with Crippen molar-refractivity contribution >= 4 is 87.0 Å². The predicted octanol–water partition coefficient (Wildman–Crippen LogP) is 0.508. The number of rotatable bonds is 13. The molecule has 20 nitrogen and oxygen atoms in total. The standard InChI is InChI=1S/C26H24ClN9O11S3/c1-26(2,23(45)46)47-32-15(10-7-49-24(28)29-10)19(41)30-16-20(42)35-17(22(43)44)8(5-48-21(16)35)6-50-25-31-33-34-36(25)11-4-12(37)18(40)14(27)9(11)3-13(38)39/h4,7,16,21,37,40H,3,5-6H2,1-2H3,(H2,28,29)(H,30,41)(H,38,39)(H,43,44)(H,45,46)/b32-15-/t16?,21-/m1/s1. The molecule has 1 saturated heterocycles. The van der Waals surface area contributed by atoms with Crippen LogP contribution in [0.1, 0.15) is 25.1 Å². The number of nitrogens with zero attached hydrogens (tertiary/aromatic N) is 7. The molecule has 0 spiro atoms. The second-order valence-electron chi connectivity index (χ2n) is 10.8. The quantitative estimate of drug-likeness (QED) is 0.0409. The second kappa shape index (κ2) is 14.0. The zero-order valence-electron chi connectivity index (χ0n) is 25.4. The molecule has 50 heavy (non-hydrogen) atoms. The van der Waals surface area contributed by atoms with E-state index >= 15 is 0 Å². The minimum absolute atomic E-state index is 0.0324. The van der Waals surface area contributed by atoms with Gasteiger partial charge in [0, 0.05) is 28.5 Å². The molecule has 1 aromatic carbocycles. The number of nitrogen functional groups attached to an aromatic ring is 1. The summed E-state index contributed by atoms with van der Waals surface area (Å²) >= 11 is 9.18. The van der Waals surface area contributed by atoms with Gasteiger partial charge in [-0.15, -0.1) is 28.2 Å². The van der Waals surface area contributed by atoms with Crippen molar-refractivity contribution in [3.8, 4) is 17.2 Å². The highest BCUT2D eigenvalue weighted by Crippen LogP contribution is 2.43. The SMILES string of the molecule is CC(C)(O/N=C(\C(=O)NC1C(=O)N2C(C(=O)O)=C(CSc3nnnn3-c3cc(O)c(O)c(Cl)c3CC(=O)O)CS[C@H]12)c1csc(N)n1)C(=O)O. The number of thiazole rings is 1. The lowest BCUT2D eigenvalue weighted by molar-refractivity contribution is -0.161. The van der Waals surface area contributed by atoms with Crippen molar-refractivity contribution in [1.29, 1.82) is 0 Å². The first-order chi connectivity index (χ1) is 23.5. The van der Waals surface area contributed by atoms with E-state index in [1.807, 2.05) is 0 Å². The van der Waals surface area contributed by atoms with E-state index in [4.69, 9.17) is 22.2 Å². The number of nitrogens with one attached hydrogen (secondary N) is 1. The van der Waals surface area contributed by atoms with E-state index in [-0.39, 0.29) is 44.4 Å². The highest BCUT2D eigenvalue weighted by atomic mass is 35.5. The van der Waals surface area contributed by atoms with Gasteiger partial charge in [-0.3, -0.25) is 19.3 Å². The molecule has 4 heterocycles. The van der Waals surface area contributed by atoms with Crippen LogP contribution in [0.15, 0.2) is 33.0 Å². The van der Waals surface area contributed by atoms with Crippen molar-refractivity contribution in [3.63, 3.8) is 0 Å². The third kappa shape index (κ3) is 6.97. The molecule has 2 atom stereocenters. The number of amides is 2. The minimum Gasteiger partial charge on any atom is -0.504 e. The molecule has 1 unspecified atom stereocenters. The van der Waals surface area contributed by atoms with Gasteiger partial charge in [0.15, 0.2) is 22.3 Å². The summed E-state index contributed by atoms with van der Waals surface area (Å²) < 4.78 is 1.06. The largest absolute Gasteiger partial charge is 0.504 e. The van der Waals surface area contributed by atoms with Crippen LogP contribution in [0.25, 0.3) is 5.69 Å². The fraction of sp³-hybridized carbons (Fsp3) is 0.308. The summed E-state index contributed by atoms with van der Waals surface area (Å²) in [6.45, 7) is 2.41. The van der Waals surface area contributed by atoms with Crippen LogP contribution < -0.4 is 11.1 Å². The van der Waals surface area contributed by atoms with E-state index in [0.717, 1.165) is 50.5 Å². The number of β-lactam (4-membered cyclic amide) rings is 1. The Morgan fingerprint density at radius 1 is 1.24 bits per heavy atom. The van der Waals surface area contributed by atoms with Crippen LogP contribution >= 0.6 is 46.5 Å². The Kier molecular flexibility index (Phi) is 10.1. The lowest BCUT2D eigenvalue weighted by Crippen LogP contribution is -2.71. The van der Waals surface area contributed by atoms with Crippen LogP contribution in [0.5, 0.6) is 11.5 Å². The molecule has 8 N–H and O–H groups in total. The Morgan fingerprint density at radius 3 is 2.58 bits per heavy atom. The number of tetrazole rings is 1. The molecule has 5 rings (SSSR count). The number of aliphatic carboxylic acids is 3. The molecule has 264 valence electrons. The fourth-order valence-corrected chi connectivity index (χ4v) is 7.71. The van der Waals surface area contributed by atoms with Crippen molar-refractivity contribution in [2.45, 2.75) is 42.4 Å². The molecule has 0 saturated carbocycles. The van der Waals surface area contributed by atoms with Gasteiger partial charge in [0.05, 0.1) is 17.1 Å². The maximum absolute atomic E-state index is 13.3. The molecule has 2 amide bonds. The Balaban J connectivity index is 1.36. The van der Waals surface area contributed by atoms with Gasteiger partial charge in [-0.25, -0.2) is 14.6 Å². The Morgan fingerprint density at radius 2 is 1.96 bits per heavy atom. The summed E-state index contributed by atoms with van der Waals surface area (Å²) in [5.74, 6) is -7.17. The van der Waals surface area contributed by atoms with Crippen LogP contribution in [0.4, 0.5) is 5.13 Å². The highest BCUT2D eigenvalue weighted by Gasteiger charge is 2.54. The molecule has 2 aromatic heterocycles. The summed E-state index contributed by atoms with van der Waals surface area (Å²) in [7, 11) is 0. The third-order valence-corrected chi connectivity index (χ3v) is 10.5. The van der Waals surface area contributed by atoms with Gasteiger partial charge < -0.3 is 41.4 Å². The van der Waals surface area contributed by atoms with E-state index in [0.29, 0.717) is 5.57 Å². The molecule has 2 aliphatic rings. The number of carboxylic acid groups (broad SMARTS) is 3. The van der Waals surface area contributed by atoms with Gasteiger partial charge in [-0.1, -0.05) is 28.5 Å². The minimum atomic E-state index is -1.83. The monoisotopic (exact) mass is 769 g/mol. The highest BCUT2D eigenvalue weighted by molar-refractivity contribution is 8.01. The molecule has 24 heteroatoms. The lowest BCUT2D eigenvalue weighted by Gasteiger charge is -2.49. The first-order valence-corrected chi connectivity index (χ1v) is 17.1. The van der Waals surface area contributed by atoms with Crippen LogP contribution in [0.2, 0.25) is 5.02 Å². The Bertz CT molecular complexity index is 2000. The number of aromatic nitrogens is 5. The van der Waals surface area contributed by atoms with Gasteiger partial charge in [-0.2, -0.15) is 4.68 Å². The number of benzene rings is 1. The summed E-state index contributed by atoms with van der Waals surface area (Å²) in [4.78, 5) is 72.1. The molecule has 3 aromatic rings. The van der Waals surface area contributed by atoms with Crippen molar-refractivity contribution in [1.82, 2.24) is 35.4 Å². The number of fused-ring (bicyclic) bond motifs is 1. The molecule has 2 aliphatic heterocycles. The zero-order valence-corrected chi connectivity index (χ0v) is 28.6. The first-order valence-electron chi connectivity index (χ1n) is 13.8. The van der Waals surface area contributed by atoms with Crippen molar-refractivity contribution in [3.05, 3.63) is 39.0 Å². The fourth-order valence-electron chi connectivity index (χ4n) is 4.54. The summed E-state index contributed by atoms with van der Waals surface area (Å²) in [5.41, 5.74) is 3.16. The maximum atomic E-state index is 13.3. The smallest absolute Gasteiger partial charge is 0.352 e. The average molecular weight is 770 g/mol. The van der Waals surface area contributed by atoms with Crippen LogP contribution in [-0.4, -0.2) is 120 Å². The number of thioether (sulfide) groups is 2. The van der Waals surface area contributed by atoms with E-state index in [2.05, 4.69) is 31.0 Å². The first kappa shape index (κ1) is 36.2.